The van der Waals surface area contributed by atoms with Gasteiger partial charge in [0.25, 0.3) is 0 Å². The minimum atomic E-state index is 0.318. The van der Waals surface area contributed by atoms with E-state index in [4.69, 9.17) is 10.00 Å². The molecule has 0 aromatic carbocycles. The second-order valence-electron chi connectivity index (χ2n) is 2.56. The molecule has 3 nitrogen and oxygen atoms in total. The zero-order valence-corrected chi connectivity index (χ0v) is 6.13. The first-order valence-corrected chi connectivity index (χ1v) is 3.50. The predicted molar refractivity (Wildman–Crippen MR) is 37.4 cm³/mol. The summed E-state index contributed by atoms with van der Waals surface area (Å²) in [5, 5.41) is 11.6. The lowest BCUT2D eigenvalue weighted by atomic mass is 10.1. The smallest absolute Gasteiger partial charge is 0.0710 e. The fraction of sp³-hybridized carbons (Fsp3) is 0.857. The van der Waals surface area contributed by atoms with E-state index in [0.717, 1.165) is 13.0 Å². The number of nitriles is 1. The lowest BCUT2D eigenvalue weighted by molar-refractivity contribution is 0.117. The number of methoxy groups -OCH3 is 1. The summed E-state index contributed by atoms with van der Waals surface area (Å²) in [7, 11) is 1.71. The van der Waals surface area contributed by atoms with Crippen LogP contribution in [0.1, 0.15) is 12.8 Å². The summed E-state index contributed by atoms with van der Waals surface area (Å²) in [4.78, 5) is 0. The maximum Gasteiger partial charge on any atom is 0.0710 e. The second kappa shape index (κ2) is 3.55. The van der Waals surface area contributed by atoms with Crippen molar-refractivity contribution in [3.8, 4) is 6.07 Å². The molecule has 0 radical (unpaired) electrons. The van der Waals surface area contributed by atoms with Crippen LogP contribution in [0.3, 0.4) is 0 Å². The Morgan fingerprint density at radius 3 is 3.10 bits per heavy atom. The number of nitrogens with one attached hydrogen (secondary N) is 1. The third-order valence-electron chi connectivity index (χ3n) is 1.85. The molecule has 0 aromatic rings. The fourth-order valence-electron chi connectivity index (χ4n) is 1.23. The lowest BCUT2D eigenvalue weighted by Gasteiger charge is -2.04. The third-order valence-corrected chi connectivity index (χ3v) is 1.85. The van der Waals surface area contributed by atoms with Crippen LogP contribution in [0.2, 0.25) is 0 Å². The number of rotatable bonds is 2. The molecule has 1 heterocycles. The highest BCUT2D eigenvalue weighted by atomic mass is 16.5. The van der Waals surface area contributed by atoms with Crippen LogP contribution in [0.5, 0.6) is 0 Å². The normalized spacial score (nSPS) is 32.0. The molecule has 0 spiro atoms. The summed E-state index contributed by atoms with van der Waals surface area (Å²) in [5.74, 6) is 0. The number of hydrogen-bond acceptors (Lipinski definition) is 3. The average Bonchev–Trinajstić information content (AvgIpc) is 2.37. The monoisotopic (exact) mass is 140 g/mol. The molecule has 56 valence electrons. The largest absolute Gasteiger partial charge is 0.380 e. The van der Waals surface area contributed by atoms with E-state index < -0.39 is 0 Å². The Bertz CT molecular complexity index is 141. The molecule has 0 amide bonds. The highest BCUT2D eigenvalue weighted by Crippen LogP contribution is 2.11. The minimum Gasteiger partial charge on any atom is -0.380 e. The molecule has 0 saturated carbocycles. The molecule has 2 atom stereocenters. The van der Waals surface area contributed by atoms with Gasteiger partial charge in [0.1, 0.15) is 0 Å². The van der Waals surface area contributed by atoms with Crippen LogP contribution in [-0.2, 0) is 4.74 Å². The molecule has 1 saturated heterocycles. The summed E-state index contributed by atoms with van der Waals surface area (Å²) in [6.07, 6.45) is 1.89. The van der Waals surface area contributed by atoms with Crippen molar-refractivity contribution in [2.24, 2.45) is 0 Å². The van der Waals surface area contributed by atoms with Crippen LogP contribution < -0.4 is 5.32 Å². The first kappa shape index (κ1) is 7.52. The van der Waals surface area contributed by atoms with Gasteiger partial charge in [0.05, 0.1) is 18.6 Å². The zero-order valence-electron chi connectivity index (χ0n) is 6.13. The Morgan fingerprint density at radius 1 is 1.80 bits per heavy atom. The molecule has 1 N–H and O–H groups in total. The molecule has 3 heteroatoms. The van der Waals surface area contributed by atoms with Crippen molar-refractivity contribution in [1.82, 2.24) is 5.32 Å². The molecule has 1 aliphatic heterocycles. The Kier molecular flexibility index (Phi) is 2.67. The van der Waals surface area contributed by atoms with Crippen molar-refractivity contribution in [3.05, 3.63) is 0 Å². The van der Waals surface area contributed by atoms with E-state index in [-0.39, 0.29) is 0 Å². The molecule has 0 aliphatic carbocycles. The third kappa shape index (κ3) is 1.69. The van der Waals surface area contributed by atoms with Crippen molar-refractivity contribution in [2.45, 2.75) is 25.0 Å². The van der Waals surface area contributed by atoms with Crippen LogP contribution >= 0.6 is 0 Å². The quantitative estimate of drug-likeness (QED) is 0.599. The molecule has 1 aliphatic rings. The Labute approximate surface area is 61.0 Å². The fourth-order valence-corrected chi connectivity index (χ4v) is 1.23. The van der Waals surface area contributed by atoms with Crippen molar-refractivity contribution in [3.63, 3.8) is 0 Å². The van der Waals surface area contributed by atoms with Crippen LogP contribution in [0.25, 0.3) is 0 Å². The van der Waals surface area contributed by atoms with Crippen LogP contribution in [0, 0.1) is 11.3 Å². The van der Waals surface area contributed by atoms with Crippen molar-refractivity contribution in [1.29, 1.82) is 5.26 Å². The molecule has 0 bridgehead atoms. The maximum atomic E-state index is 8.35. The van der Waals surface area contributed by atoms with Gasteiger partial charge in [-0.1, -0.05) is 0 Å². The van der Waals surface area contributed by atoms with Gasteiger partial charge < -0.3 is 10.1 Å². The summed E-state index contributed by atoms with van der Waals surface area (Å²) in [6.45, 7) is 0.892. The van der Waals surface area contributed by atoms with Crippen molar-refractivity contribution in [2.75, 3.05) is 13.7 Å². The van der Waals surface area contributed by atoms with E-state index in [1.54, 1.807) is 7.11 Å². The van der Waals surface area contributed by atoms with Gasteiger partial charge in [-0.05, 0) is 6.42 Å². The number of nitrogens with zero attached hydrogens (tertiary/aromatic N) is 1. The lowest BCUT2D eigenvalue weighted by Crippen LogP contribution is -2.20. The van der Waals surface area contributed by atoms with E-state index >= 15 is 0 Å². The molecule has 1 rings (SSSR count). The Morgan fingerprint density at radius 2 is 2.60 bits per heavy atom. The van der Waals surface area contributed by atoms with Gasteiger partial charge in [0, 0.05) is 19.7 Å². The van der Waals surface area contributed by atoms with E-state index in [0.29, 0.717) is 18.6 Å². The molecular formula is C7H12N2O. The second-order valence-corrected chi connectivity index (χ2v) is 2.56. The van der Waals surface area contributed by atoms with Gasteiger partial charge in [-0.15, -0.1) is 0 Å². The van der Waals surface area contributed by atoms with Gasteiger partial charge in [-0.25, -0.2) is 0 Å². The molecule has 10 heavy (non-hydrogen) atoms. The van der Waals surface area contributed by atoms with Crippen LogP contribution in [-0.4, -0.2) is 25.8 Å². The van der Waals surface area contributed by atoms with E-state index in [1.165, 1.54) is 0 Å². The molecule has 0 unspecified atom stereocenters. The average molecular weight is 140 g/mol. The van der Waals surface area contributed by atoms with E-state index in [2.05, 4.69) is 11.4 Å². The Balaban J connectivity index is 2.23. The summed E-state index contributed by atoms with van der Waals surface area (Å²) in [6, 6.07) is 2.49. The molecule has 1 fully saturated rings. The van der Waals surface area contributed by atoms with Crippen LogP contribution in [0.15, 0.2) is 0 Å². The standard InChI is InChI=1S/C7H12N2O/c1-10-7-4-6(2-3-8)9-5-7/h6-7,9H,2,4-5H2,1H3/t6-,7+/m0/s1. The summed E-state index contributed by atoms with van der Waals surface area (Å²) < 4.78 is 5.12. The van der Waals surface area contributed by atoms with Gasteiger partial charge in [-0.2, -0.15) is 5.26 Å². The van der Waals surface area contributed by atoms with Crippen LogP contribution in [0.4, 0.5) is 0 Å². The van der Waals surface area contributed by atoms with Gasteiger partial charge in [-0.3, -0.25) is 0 Å². The van der Waals surface area contributed by atoms with E-state index in [1.807, 2.05) is 0 Å². The SMILES string of the molecule is CO[C@H]1CN[C@@H](CC#N)C1. The van der Waals surface area contributed by atoms with Crippen molar-refractivity contribution >= 4 is 0 Å². The first-order chi connectivity index (χ1) is 4.86. The van der Waals surface area contributed by atoms with E-state index in [9.17, 15) is 0 Å². The predicted octanol–water partition coefficient (Wildman–Crippen LogP) is 0.277. The molecular weight excluding hydrogens is 128 g/mol. The minimum absolute atomic E-state index is 0.318. The Hall–Kier alpha value is -0.590. The summed E-state index contributed by atoms with van der Waals surface area (Å²) >= 11 is 0. The topological polar surface area (TPSA) is 45.0 Å². The van der Waals surface area contributed by atoms with Crippen molar-refractivity contribution < 1.29 is 4.74 Å². The zero-order chi connectivity index (χ0) is 7.40. The maximum absolute atomic E-state index is 8.35. The van der Waals surface area contributed by atoms with Gasteiger partial charge in [0.2, 0.25) is 0 Å². The number of ether oxygens (including phenoxy) is 1. The molecule has 0 aromatic heterocycles. The number of hydrogen-bond donors (Lipinski definition) is 1. The highest BCUT2D eigenvalue weighted by molar-refractivity contribution is 4.88. The van der Waals surface area contributed by atoms with Gasteiger partial charge in [0.15, 0.2) is 0 Å². The summed E-state index contributed by atoms with van der Waals surface area (Å²) in [5.41, 5.74) is 0. The highest BCUT2D eigenvalue weighted by Gasteiger charge is 2.22. The van der Waals surface area contributed by atoms with Gasteiger partial charge >= 0.3 is 0 Å². The first-order valence-electron chi connectivity index (χ1n) is 3.50.